The zero-order chi connectivity index (χ0) is 10.2. The normalized spacial score (nSPS) is 31.4. The number of hydrogen-bond acceptors (Lipinski definition) is 4. The fourth-order valence-electron chi connectivity index (χ4n) is 1.81. The molecule has 0 bridgehead atoms. The van der Waals surface area contributed by atoms with Crippen molar-refractivity contribution < 1.29 is 21.8 Å². The minimum atomic E-state index is -4.45. The van der Waals surface area contributed by atoms with Crippen LogP contribution in [0.5, 0.6) is 0 Å². The lowest BCUT2D eigenvalue weighted by molar-refractivity contribution is -0.214. The summed E-state index contributed by atoms with van der Waals surface area (Å²) in [6, 6.07) is 0. The van der Waals surface area contributed by atoms with E-state index in [4.69, 9.17) is 9.47 Å². The van der Waals surface area contributed by atoms with Crippen LogP contribution < -0.4 is 0 Å². The van der Waals surface area contributed by atoms with Gasteiger partial charge in [0.1, 0.15) is 5.75 Å². The first-order chi connectivity index (χ1) is 6.49. The third-order valence-electron chi connectivity index (χ3n) is 2.81. The van der Waals surface area contributed by atoms with Crippen LogP contribution in [0.2, 0.25) is 0 Å². The quantitative estimate of drug-likeness (QED) is 0.645. The van der Waals surface area contributed by atoms with Gasteiger partial charge in [-0.05, 0) is 19.3 Å². The van der Waals surface area contributed by atoms with Gasteiger partial charge >= 0.3 is 10.2 Å². The molecule has 4 nitrogen and oxygen atoms in total. The number of halogens is 1. The summed E-state index contributed by atoms with van der Waals surface area (Å²) in [4.78, 5) is 0. The molecule has 1 saturated heterocycles. The van der Waals surface area contributed by atoms with Crippen molar-refractivity contribution in [1.29, 1.82) is 0 Å². The Balaban J connectivity index is 1.84. The van der Waals surface area contributed by atoms with Gasteiger partial charge in [0.25, 0.3) is 0 Å². The first-order valence-electron chi connectivity index (χ1n) is 4.67. The van der Waals surface area contributed by atoms with Crippen molar-refractivity contribution >= 4 is 10.2 Å². The van der Waals surface area contributed by atoms with Gasteiger partial charge in [-0.3, -0.25) is 0 Å². The summed E-state index contributed by atoms with van der Waals surface area (Å²) in [5, 5.41) is 0. The van der Waals surface area contributed by atoms with Crippen LogP contribution in [0.4, 0.5) is 3.89 Å². The molecule has 2 aliphatic rings. The molecule has 2 fully saturated rings. The van der Waals surface area contributed by atoms with Crippen LogP contribution in [0.15, 0.2) is 0 Å². The Bertz CT molecular complexity index is 299. The van der Waals surface area contributed by atoms with Crippen LogP contribution in [0, 0.1) is 0 Å². The van der Waals surface area contributed by atoms with E-state index in [-0.39, 0.29) is 12.2 Å². The van der Waals surface area contributed by atoms with Gasteiger partial charge < -0.3 is 9.47 Å². The minimum Gasteiger partial charge on any atom is -0.372 e. The summed E-state index contributed by atoms with van der Waals surface area (Å²) in [5.41, 5.74) is -0.184. The third kappa shape index (κ3) is 2.24. The Morgan fingerprint density at radius 3 is 2.50 bits per heavy atom. The molecule has 0 aromatic carbocycles. The summed E-state index contributed by atoms with van der Waals surface area (Å²) in [7, 11) is -4.45. The van der Waals surface area contributed by atoms with E-state index < -0.39 is 22.1 Å². The SMILES string of the molecule is O=S(=O)(F)CC1COC2(CCC2)CO1. The van der Waals surface area contributed by atoms with E-state index in [9.17, 15) is 12.3 Å². The van der Waals surface area contributed by atoms with Gasteiger partial charge in [0.05, 0.1) is 24.9 Å². The second-order valence-corrected chi connectivity index (χ2v) is 5.40. The van der Waals surface area contributed by atoms with Crippen molar-refractivity contribution in [2.24, 2.45) is 0 Å². The molecule has 0 N–H and O–H groups in total. The minimum absolute atomic E-state index is 0.184. The predicted molar refractivity (Wildman–Crippen MR) is 47.2 cm³/mol. The average Bonchev–Trinajstić information content (AvgIpc) is 2.00. The van der Waals surface area contributed by atoms with E-state index in [1.54, 1.807) is 0 Å². The molecule has 1 aliphatic carbocycles. The van der Waals surface area contributed by atoms with E-state index in [0.29, 0.717) is 6.61 Å². The van der Waals surface area contributed by atoms with E-state index in [0.717, 1.165) is 19.3 Å². The zero-order valence-corrected chi connectivity index (χ0v) is 8.56. The highest BCUT2D eigenvalue weighted by atomic mass is 32.3. The van der Waals surface area contributed by atoms with Gasteiger partial charge in [0.15, 0.2) is 0 Å². The molecular formula is C8H13FO4S. The molecule has 0 aromatic heterocycles. The van der Waals surface area contributed by atoms with Gasteiger partial charge in [-0.2, -0.15) is 8.42 Å². The monoisotopic (exact) mass is 224 g/mol. The molecule has 1 saturated carbocycles. The number of ether oxygens (including phenoxy) is 2. The van der Waals surface area contributed by atoms with Gasteiger partial charge in [-0.1, -0.05) is 0 Å². The Kier molecular flexibility index (Phi) is 2.53. The zero-order valence-electron chi connectivity index (χ0n) is 7.74. The van der Waals surface area contributed by atoms with Crippen LogP contribution in [-0.2, 0) is 19.7 Å². The van der Waals surface area contributed by atoms with E-state index >= 15 is 0 Å². The average molecular weight is 224 g/mol. The summed E-state index contributed by atoms with van der Waals surface area (Å²) < 4.78 is 43.8. The molecule has 1 atom stereocenters. The predicted octanol–water partition coefficient (Wildman–Crippen LogP) is 0.624. The second kappa shape index (κ2) is 3.43. The highest BCUT2D eigenvalue weighted by Crippen LogP contribution is 2.38. The molecule has 2 rings (SSSR count). The smallest absolute Gasteiger partial charge is 0.305 e. The Labute approximate surface area is 82.6 Å². The summed E-state index contributed by atoms with van der Waals surface area (Å²) in [6.45, 7) is 0.580. The number of rotatable bonds is 2. The van der Waals surface area contributed by atoms with Crippen LogP contribution in [0.1, 0.15) is 19.3 Å². The Morgan fingerprint density at radius 1 is 1.43 bits per heavy atom. The van der Waals surface area contributed by atoms with Gasteiger partial charge in [0.2, 0.25) is 0 Å². The lowest BCUT2D eigenvalue weighted by Crippen LogP contribution is -2.52. The Morgan fingerprint density at radius 2 is 2.14 bits per heavy atom. The maximum atomic E-state index is 12.3. The first-order valence-corrected chi connectivity index (χ1v) is 6.22. The van der Waals surface area contributed by atoms with Crippen molar-refractivity contribution in [3.05, 3.63) is 0 Å². The highest BCUT2D eigenvalue weighted by molar-refractivity contribution is 7.86. The van der Waals surface area contributed by atoms with Crippen molar-refractivity contribution in [2.75, 3.05) is 19.0 Å². The van der Waals surface area contributed by atoms with Crippen molar-refractivity contribution in [3.63, 3.8) is 0 Å². The molecule has 1 aliphatic heterocycles. The molecule has 82 valence electrons. The standard InChI is InChI=1S/C8H13FO4S/c9-14(10,11)5-7-4-13-8(6-12-7)2-1-3-8/h7H,1-6H2. The van der Waals surface area contributed by atoms with Crippen LogP contribution >= 0.6 is 0 Å². The summed E-state index contributed by atoms with van der Waals surface area (Å²) in [5.74, 6) is -0.594. The fourth-order valence-corrected chi connectivity index (χ4v) is 2.44. The number of hydrogen-bond donors (Lipinski definition) is 0. The van der Waals surface area contributed by atoms with E-state index in [1.807, 2.05) is 0 Å². The van der Waals surface area contributed by atoms with E-state index in [1.165, 1.54) is 0 Å². The molecule has 1 spiro atoms. The first kappa shape index (κ1) is 10.3. The van der Waals surface area contributed by atoms with E-state index in [2.05, 4.69) is 0 Å². The maximum Gasteiger partial charge on any atom is 0.305 e. The summed E-state index contributed by atoms with van der Waals surface area (Å²) in [6.07, 6.45) is 2.40. The molecule has 14 heavy (non-hydrogen) atoms. The molecule has 0 amide bonds. The van der Waals surface area contributed by atoms with Gasteiger partial charge in [0, 0.05) is 0 Å². The van der Waals surface area contributed by atoms with Crippen molar-refractivity contribution in [1.82, 2.24) is 0 Å². The molecule has 1 unspecified atom stereocenters. The van der Waals surface area contributed by atoms with Crippen molar-refractivity contribution in [2.45, 2.75) is 31.0 Å². The molecule has 6 heteroatoms. The lowest BCUT2D eigenvalue weighted by Gasteiger charge is -2.45. The van der Waals surface area contributed by atoms with Crippen molar-refractivity contribution in [3.8, 4) is 0 Å². The molecule has 0 radical (unpaired) electrons. The van der Waals surface area contributed by atoms with Crippen LogP contribution in [-0.4, -0.2) is 39.1 Å². The van der Waals surface area contributed by atoms with Crippen LogP contribution in [0.3, 0.4) is 0 Å². The fraction of sp³-hybridized carbons (Fsp3) is 1.00. The largest absolute Gasteiger partial charge is 0.372 e. The second-order valence-electron chi connectivity index (χ2n) is 3.99. The molecule has 1 heterocycles. The third-order valence-corrected chi connectivity index (χ3v) is 3.58. The van der Waals surface area contributed by atoms with Gasteiger partial charge in [-0.25, -0.2) is 0 Å². The lowest BCUT2D eigenvalue weighted by atomic mass is 9.80. The summed E-state index contributed by atoms with van der Waals surface area (Å²) >= 11 is 0. The molecule has 0 aromatic rings. The maximum absolute atomic E-state index is 12.3. The highest BCUT2D eigenvalue weighted by Gasteiger charge is 2.43. The molecular weight excluding hydrogens is 211 g/mol. The topological polar surface area (TPSA) is 52.6 Å². The van der Waals surface area contributed by atoms with Crippen LogP contribution in [0.25, 0.3) is 0 Å². The van der Waals surface area contributed by atoms with Gasteiger partial charge in [-0.15, -0.1) is 3.89 Å². The Hall–Kier alpha value is -0.200.